The van der Waals surface area contributed by atoms with Crippen molar-refractivity contribution in [3.63, 3.8) is 0 Å². The third kappa shape index (κ3) is 2.85. The molecule has 0 saturated carbocycles. The van der Waals surface area contributed by atoms with Crippen LogP contribution in [-0.2, 0) is 0 Å². The summed E-state index contributed by atoms with van der Waals surface area (Å²) in [5.41, 5.74) is 5.46. The number of rotatable bonds is 5. The number of anilines is 2. The topological polar surface area (TPSA) is 67.1 Å². The maximum atomic E-state index is 5.46. The molecule has 0 radical (unpaired) electrons. The van der Waals surface area contributed by atoms with Crippen LogP contribution in [0.1, 0.15) is 6.92 Å². The van der Waals surface area contributed by atoms with Gasteiger partial charge < -0.3 is 16.0 Å². The van der Waals surface area contributed by atoms with Crippen molar-refractivity contribution in [2.75, 3.05) is 36.9 Å². The van der Waals surface area contributed by atoms with Crippen LogP contribution in [0, 0.1) is 0 Å². The highest BCUT2D eigenvalue weighted by Gasteiger charge is 2.02. The smallest absolute Gasteiger partial charge is 0.133 e. The summed E-state index contributed by atoms with van der Waals surface area (Å²) in [6.45, 7) is 4.31. The second-order valence-electron chi connectivity index (χ2n) is 3.00. The summed E-state index contributed by atoms with van der Waals surface area (Å²) in [6.07, 6.45) is 1.56. The van der Waals surface area contributed by atoms with E-state index in [0.29, 0.717) is 6.54 Å². The molecule has 0 bridgehead atoms. The Bertz CT molecular complexity index is 276. The minimum atomic E-state index is 0.622. The van der Waals surface area contributed by atoms with Gasteiger partial charge in [0, 0.05) is 32.7 Å². The first-order valence-electron chi connectivity index (χ1n) is 4.75. The van der Waals surface area contributed by atoms with Gasteiger partial charge in [0.15, 0.2) is 0 Å². The van der Waals surface area contributed by atoms with Gasteiger partial charge in [-0.05, 0) is 6.92 Å². The fraction of sp³-hybridized carbons (Fsp3) is 0.556. The van der Waals surface area contributed by atoms with Crippen LogP contribution in [0.25, 0.3) is 0 Å². The van der Waals surface area contributed by atoms with Gasteiger partial charge in [0.1, 0.15) is 18.0 Å². The van der Waals surface area contributed by atoms with Crippen LogP contribution in [0.5, 0.6) is 0 Å². The molecule has 0 fully saturated rings. The molecule has 0 unspecified atom stereocenters. The zero-order valence-corrected chi connectivity index (χ0v) is 8.70. The third-order valence-corrected chi connectivity index (χ3v) is 1.87. The molecule has 0 spiro atoms. The first kappa shape index (κ1) is 10.7. The van der Waals surface area contributed by atoms with E-state index in [9.17, 15) is 0 Å². The van der Waals surface area contributed by atoms with Gasteiger partial charge >= 0.3 is 0 Å². The van der Waals surface area contributed by atoms with Crippen molar-refractivity contribution in [3.8, 4) is 0 Å². The molecule has 0 aromatic carbocycles. The third-order valence-electron chi connectivity index (χ3n) is 1.87. The first-order chi connectivity index (χ1) is 6.77. The number of likely N-dealkylation sites (N-methyl/N-ethyl adjacent to an activating group) is 1. The normalized spacial score (nSPS) is 9.93. The molecule has 0 aliphatic rings. The van der Waals surface area contributed by atoms with Crippen LogP contribution >= 0.6 is 0 Å². The Morgan fingerprint density at radius 2 is 2.29 bits per heavy atom. The molecule has 1 aromatic heterocycles. The molecule has 1 aromatic rings. The number of hydrogen-bond donors (Lipinski definition) is 2. The van der Waals surface area contributed by atoms with E-state index in [1.165, 1.54) is 0 Å². The summed E-state index contributed by atoms with van der Waals surface area (Å²) in [6, 6.07) is 1.92. The molecule has 0 saturated heterocycles. The molecule has 5 heteroatoms. The molecule has 0 atom stereocenters. The minimum Gasteiger partial charge on any atom is -0.370 e. The monoisotopic (exact) mass is 195 g/mol. The second kappa shape index (κ2) is 5.39. The van der Waals surface area contributed by atoms with Gasteiger partial charge in [0.2, 0.25) is 0 Å². The Kier molecular flexibility index (Phi) is 4.12. The average Bonchev–Trinajstić information content (AvgIpc) is 2.19. The van der Waals surface area contributed by atoms with Gasteiger partial charge in [-0.1, -0.05) is 0 Å². The Labute approximate surface area is 84.3 Å². The standard InChI is InChI=1S/C9H17N5/c1-3-11-8-6-9(13-7-12-8)14(2)5-4-10/h6-7H,3-5,10H2,1-2H3,(H,11,12,13). The Morgan fingerprint density at radius 3 is 2.93 bits per heavy atom. The lowest BCUT2D eigenvalue weighted by atomic mass is 10.4. The van der Waals surface area contributed by atoms with Gasteiger partial charge in [0.25, 0.3) is 0 Å². The molecule has 0 aliphatic heterocycles. The molecule has 0 aliphatic carbocycles. The summed E-state index contributed by atoms with van der Waals surface area (Å²) in [5.74, 6) is 1.74. The van der Waals surface area contributed by atoms with E-state index in [1.807, 2.05) is 24.9 Å². The molecule has 1 heterocycles. The van der Waals surface area contributed by atoms with E-state index in [4.69, 9.17) is 5.73 Å². The van der Waals surface area contributed by atoms with Gasteiger partial charge in [-0.3, -0.25) is 0 Å². The van der Waals surface area contributed by atoms with Crippen LogP contribution in [-0.4, -0.2) is 36.6 Å². The number of nitrogens with two attached hydrogens (primary N) is 1. The SMILES string of the molecule is CCNc1cc(N(C)CCN)ncn1. The van der Waals surface area contributed by atoms with Gasteiger partial charge in [0.05, 0.1) is 0 Å². The highest BCUT2D eigenvalue weighted by molar-refractivity contribution is 5.47. The van der Waals surface area contributed by atoms with E-state index in [1.54, 1.807) is 6.33 Å². The highest BCUT2D eigenvalue weighted by Crippen LogP contribution is 2.11. The fourth-order valence-corrected chi connectivity index (χ4v) is 1.14. The van der Waals surface area contributed by atoms with Crippen molar-refractivity contribution in [3.05, 3.63) is 12.4 Å². The fourth-order valence-electron chi connectivity index (χ4n) is 1.14. The Balaban J connectivity index is 2.71. The molecule has 0 amide bonds. The molecule has 14 heavy (non-hydrogen) atoms. The van der Waals surface area contributed by atoms with E-state index in [0.717, 1.165) is 24.7 Å². The highest BCUT2D eigenvalue weighted by atomic mass is 15.2. The van der Waals surface area contributed by atoms with Gasteiger partial charge in [-0.25, -0.2) is 9.97 Å². The van der Waals surface area contributed by atoms with Gasteiger partial charge in [-0.15, -0.1) is 0 Å². The zero-order valence-electron chi connectivity index (χ0n) is 8.70. The number of nitrogens with one attached hydrogen (secondary N) is 1. The van der Waals surface area contributed by atoms with Crippen LogP contribution in [0.15, 0.2) is 12.4 Å². The molecule has 5 nitrogen and oxygen atoms in total. The summed E-state index contributed by atoms with van der Waals surface area (Å²) < 4.78 is 0. The largest absolute Gasteiger partial charge is 0.370 e. The van der Waals surface area contributed by atoms with Crippen molar-refractivity contribution in [1.29, 1.82) is 0 Å². The second-order valence-corrected chi connectivity index (χ2v) is 3.00. The summed E-state index contributed by atoms with van der Waals surface area (Å²) in [4.78, 5) is 10.3. The van der Waals surface area contributed by atoms with Crippen molar-refractivity contribution in [1.82, 2.24) is 9.97 Å². The molecule has 1 rings (SSSR count). The van der Waals surface area contributed by atoms with Crippen LogP contribution in [0.2, 0.25) is 0 Å². The van der Waals surface area contributed by atoms with Gasteiger partial charge in [-0.2, -0.15) is 0 Å². The van der Waals surface area contributed by atoms with Crippen LogP contribution in [0.4, 0.5) is 11.6 Å². The summed E-state index contributed by atoms with van der Waals surface area (Å²) in [7, 11) is 1.96. The molecular weight excluding hydrogens is 178 g/mol. The average molecular weight is 195 g/mol. The summed E-state index contributed by atoms with van der Waals surface area (Å²) in [5, 5.41) is 3.14. The lowest BCUT2D eigenvalue weighted by molar-refractivity contribution is 0.864. The van der Waals surface area contributed by atoms with E-state index >= 15 is 0 Å². The maximum Gasteiger partial charge on any atom is 0.133 e. The number of nitrogens with zero attached hydrogens (tertiary/aromatic N) is 3. The van der Waals surface area contributed by atoms with Crippen molar-refractivity contribution >= 4 is 11.6 Å². The molecule has 3 N–H and O–H groups in total. The Hall–Kier alpha value is -1.36. The predicted octanol–water partition coefficient (Wildman–Crippen LogP) is 0.303. The lowest BCUT2D eigenvalue weighted by Crippen LogP contribution is -2.25. The van der Waals surface area contributed by atoms with E-state index in [2.05, 4.69) is 15.3 Å². The van der Waals surface area contributed by atoms with Crippen LogP contribution in [0.3, 0.4) is 0 Å². The number of aromatic nitrogens is 2. The van der Waals surface area contributed by atoms with Crippen molar-refractivity contribution in [2.45, 2.75) is 6.92 Å². The van der Waals surface area contributed by atoms with E-state index in [-0.39, 0.29) is 0 Å². The summed E-state index contributed by atoms with van der Waals surface area (Å²) >= 11 is 0. The van der Waals surface area contributed by atoms with Crippen LogP contribution < -0.4 is 16.0 Å². The lowest BCUT2D eigenvalue weighted by Gasteiger charge is -2.17. The van der Waals surface area contributed by atoms with Crippen molar-refractivity contribution in [2.24, 2.45) is 5.73 Å². The minimum absolute atomic E-state index is 0.622. The molecule has 78 valence electrons. The first-order valence-corrected chi connectivity index (χ1v) is 4.75. The number of hydrogen-bond acceptors (Lipinski definition) is 5. The molecular formula is C9H17N5. The van der Waals surface area contributed by atoms with Crippen molar-refractivity contribution < 1.29 is 0 Å². The Morgan fingerprint density at radius 1 is 1.50 bits per heavy atom. The van der Waals surface area contributed by atoms with E-state index < -0.39 is 0 Å². The quantitative estimate of drug-likeness (QED) is 0.707. The maximum absolute atomic E-state index is 5.46. The predicted molar refractivity (Wildman–Crippen MR) is 58.5 cm³/mol. The zero-order chi connectivity index (χ0) is 10.4.